The van der Waals surface area contributed by atoms with Crippen LogP contribution in [0.25, 0.3) is 0 Å². The molecule has 0 N–H and O–H groups in total. The van der Waals surface area contributed by atoms with Gasteiger partial charge in [0, 0.05) is 6.42 Å². The van der Waals surface area contributed by atoms with E-state index in [2.05, 4.69) is 65.2 Å². The first kappa shape index (κ1) is 23.6. The van der Waals surface area contributed by atoms with Crippen LogP contribution in [0.4, 0.5) is 0 Å². The van der Waals surface area contributed by atoms with Gasteiger partial charge in [0.15, 0.2) is 0 Å². The van der Waals surface area contributed by atoms with Gasteiger partial charge in [-0.05, 0) is 54.4 Å². The van der Waals surface area contributed by atoms with Gasteiger partial charge >= 0.3 is 0 Å². The second-order valence-electron chi connectivity index (χ2n) is 8.37. The van der Waals surface area contributed by atoms with Crippen molar-refractivity contribution >= 4 is 8.07 Å². The standard InChI is InChI=1S/C25H40OSi/c1-22(2)27(23(3)4,24(5)6)21-17-12-10-8-7-9-11-16-20-26-25-18-14-13-15-19-25/h7,9,13-15,18-19,22-24H,8,10-12,16,20H2,1-6H3/b9-7+. The van der Waals surface area contributed by atoms with Crippen molar-refractivity contribution in [2.75, 3.05) is 6.61 Å². The monoisotopic (exact) mass is 384 g/mol. The fraction of sp³-hybridized carbons (Fsp3) is 0.600. The van der Waals surface area contributed by atoms with Crippen LogP contribution in [0.15, 0.2) is 42.5 Å². The minimum absolute atomic E-state index is 0.725. The summed E-state index contributed by atoms with van der Waals surface area (Å²) in [6.07, 6.45) is 10.1. The van der Waals surface area contributed by atoms with Gasteiger partial charge in [-0.25, -0.2) is 0 Å². The van der Waals surface area contributed by atoms with Crippen molar-refractivity contribution in [3.05, 3.63) is 42.5 Å². The van der Waals surface area contributed by atoms with Crippen molar-refractivity contribution < 1.29 is 4.74 Å². The largest absolute Gasteiger partial charge is 0.494 e. The first-order chi connectivity index (χ1) is 12.9. The summed E-state index contributed by atoms with van der Waals surface area (Å²) in [7, 11) is -1.54. The van der Waals surface area contributed by atoms with Crippen molar-refractivity contribution in [3.63, 3.8) is 0 Å². The zero-order valence-electron chi connectivity index (χ0n) is 18.4. The predicted octanol–water partition coefficient (Wildman–Crippen LogP) is 7.79. The average Bonchev–Trinajstić information content (AvgIpc) is 2.62. The number of hydrogen-bond acceptors (Lipinski definition) is 1. The van der Waals surface area contributed by atoms with Gasteiger partial charge < -0.3 is 4.74 Å². The topological polar surface area (TPSA) is 9.23 Å². The number of benzene rings is 1. The molecule has 0 saturated carbocycles. The Kier molecular flexibility index (Phi) is 11.2. The maximum Gasteiger partial charge on any atom is 0.145 e. The van der Waals surface area contributed by atoms with Crippen LogP contribution in [0.1, 0.15) is 73.6 Å². The van der Waals surface area contributed by atoms with E-state index in [1.165, 1.54) is 6.42 Å². The Morgan fingerprint density at radius 2 is 1.41 bits per heavy atom. The van der Waals surface area contributed by atoms with Crippen molar-refractivity contribution in [1.29, 1.82) is 0 Å². The molecule has 27 heavy (non-hydrogen) atoms. The Morgan fingerprint density at radius 1 is 0.852 bits per heavy atom. The van der Waals surface area contributed by atoms with E-state index in [9.17, 15) is 0 Å². The highest BCUT2D eigenvalue weighted by atomic mass is 28.3. The minimum Gasteiger partial charge on any atom is -0.494 e. The molecule has 2 heteroatoms. The summed E-state index contributed by atoms with van der Waals surface area (Å²) in [5.41, 5.74) is 5.99. The van der Waals surface area contributed by atoms with E-state index in [4.69, 9.17) is 4.74 Å². The highest BCUT2D eigenvalue weighted by Gasteiger charge is 2.41. The second kappa shape index (κ2) is 12.8. The molecule has 0 heterocycles. The van der Waals surface area contributed by atoms with Crippen LogP contribution in [0.5, 0.6) is 5.75 Å². The molecular formula is C25H40OSi. The highest BCUT2D eigenvalue weighted by Crippen LogP contribution is 2.40. The average molecular weight is 385 g/mol. The summed E-state index contributed by atoms with van der Waals surface area (Å²) in [5, 5.41) is 0. The van der Waals surface area contributed by atoms with Crippen molar-refractivity contribution in [1.82, 2.24) is 0 Å². The molecule has 1 aromatic carbocycles. The van der Waals surface area contributed by atoms with Crippen molar-refractivity contribution in [3.8, 4) is 17.2 Å². The molecule has 0 aromatic heterocycles. The summed E-state index contributed by atoms with van der Waals surface area (Å²) >= 11 is 0. The Morgan fingerprint density at radius 3 is 1.96 bits per heavy atom. The molecule has 0 radical (unpaired) electrons. The van der Waals surface area contributed by atoms with Gasteiger partial charge in [-0.2, -0.15) is 0 Å². The molecule has 1 nitrogen and oxygen atoms in total. The third-order valence-electron chi connectivity index (χ3n) is 5.54. The van der Waals surface area contributed by atoms with E-state index in [0.717, 1.165) is 54.7 Å². The van der Waals surface area contributed by atoms with E-state index in [0.29, 0.717) is 0 Å². The van der Waals surface area contributed by atoms with Crippen LogP contribution in [0.3, 0.4) is 0 Å². The number of unbranched alkanes of at least 4 members (excludes halogenated alkanes) is 3. The SMILES string of the molecule is CC(C)[Si](C#CCCC/C=C/CCCOc1ccccc1)(C(C)C)C(C)C. The van der Waals surface area contributed by atoms with Crippen LogP contribution >= 0.6 is 0 Å². The molecule has 0 aliphatic carbocycles. The predicted molar refractivity (Wildman–Crippen MR) is 123 cm³/mol. The zero-order valence-corrected chi connectivity index (χ0v) is 19.4. The van der Waals surface area contributed by atoms with Gasteiger partial charge in [0.25, 0.3) is 0 Å². The van der Waals surface area contributed by atoms with Crippen molar-refractivity contribution in [2.45, 2.75) is 90.3 Å². The molecule has 0 bridgehead atoms. The summed E-state index contributed by atoms with van der Waals surface area (Å²) in [6.45, 7) is 15.1. The van der Waals surface area contributed by atoms with E-state index in [1.807, 2.05) is 30.3 Å². The highest BCUT2D eigenvalue weighted by molar-refractivity contribution is 6.90. The molecule has 0 spiro atoms. The number of rotatable bonds is 11. The molecule has 0 fully saturated rings. The molecular weight excluding hydrogens is 344 g/mol. The first-order valence-corrected chi connectivity index (χ1v) is 13.0. The quantitative estimate of drug-likeness (QED) is 0.164. The van der Waals surface area contributed by atoms with Crippen LogP contribution in [0.2, 0.25) is 16.6 Å². The normalized spacial score (nSPS) is 12.0. The molecule has 1 aromatic rings. The lowest BCUT2D eigenvalue weighted by molar-refractivity contribution is 0.312. The lowest BCUT2D eigenvalue weighted by Gasteiger charge is -2.38. The molecule has 0 aliphatic rings. The molecule has 0 aliphatic heterocycles. The Hall–Kier alpha value is -1.46. The molecule has 0 amide bonds. The number of hydrogen-bond donors (Lipinski definition) is 0. The van der Waals surface area contributed by atoms with Gasteiger partial charge in [0.05, 0.1) is 6.61 Å². The fourth-order valence-electron chi connectivity index (χ4n) is 4.10. The van der Waals surface area contributed by atoms with Crippen LogP contribution in [-0.2, 0) is 0 Å². The third-order valence-corrected chi connectivity index (χ3v) is 11.9. The Bertz CT molecular complexity index is 568. The Labute approximate surface area is 169 Å². The van der Waals surface area contributed by atoms with Crippen LogP contribution in [-0.4, -0.2) is 14.7 Å². The first-order valence-electron chi connectivity index (χ1n) is 10.7. The van der Waals surface area contributed by atoms with Gasteiger partial charge in [0.1, 0.15) is 13.8 Å². The van der Waals surface area contributed by atoms with E-state index >= 15 is 0 Å². The molecule has 0 unspecified atom stereocenters. The maximum absolute atomic E-state index is 5.71. The minimum atomic E-state index is -1.54. The zero-order chi connectivity index (χ0) is 20.1. The smallest absolute Gasteiger partial charge is 0.145 e. The fourth-order valence-corrected chi connectivity index (χ4v) is 9.40. The summed E-state index contributed by atoms with van der Waals surface area (Å²) in [6, 6.07) is 10.0. The lowest BCUT2D eigenvalue weighted by atomic mass is 10.2. The second-order valence-corrected chi connectivity index (χ2v) is 13.9. The number of para-hydroxylation sites is 1. The van der Waals surface area contributed by atoms with Crippen LogP contribution in [0, 0.1) is 11.5 Å². The van der Waals surface area contributed by atoms with Crippen LogP contribution < -0.4 is 4.74 Å². The van der Waals surface area contributed by atoms with E-state index in [-0.39, 0.29) is 0 Å². The third kappa shape index (κ3) is 7.97. The summed E-state index contributed by atoms with van der Waals surface area (Å²) in [5.74, 6) is 4.52. The maximum atomic E-state index is 5.71. The molecule has 0 atom stereocenters. The number of allylic oxidation sites excluding steroid dienone is 2. The van der Waals surface area contributed by atoms with E-state index in [1.54, 1.807) is 0 Å². The lowest BCUT2D eigenvalue weighted by Crippen LogP contribution is -2.43. The van der Waals surface area contributed by atoms with Gasteiger partial charge in [0.2, 0.25) is 0 Å². The number of ether oxygens (including phenoxy) is 1. The molecule has 0 saturated heterocycles. The van der Waals surface area contributed by atoms with Gasteiger partial charge in [-0.1, -0.05) is 71.9 Å². The van der Waals surface area contributed by atoms with E-state index < -0.39 is 8.07 Å². The Balaban J connectivity index is 2.24. The van der Waals surface area contributed by atoms with Gasteiger partial charge in [-0.3, -0.25) is 0 Å². The summed E-state index contributed by atoms with van der Waals surface area (Å²) in [4.78, 5) is 0. The summed E-state index contributed by atoms with van der Waals surface area (Å²) < 4.78 is 5.71. The molecule has 150 valence electrons. The van der Waals surface area contributed by atoms with Gasteiger partial charge in [-0.15, -0.1) is 11.5 Å². The molecule has 1 rings (SSSR count). The van der Waals surface area contributed by atoms with Crippen molar-refractivity contribution in [2.24, 2.45) is 0 Å².